The van der Waals surface area contributed by atoms with Gasteiger partial charge < -0.3 is 15.8 Å². The summed E-state index contributed by atoms with van der Waals surface area (Å²) in [5.74, 6) is 0.519. The number of amides is 1. The van der Waals surface area contributed by atoms with Gasteiger partial charge in [0, 0.05) is 17.1 Å². The van der Waals surface area contributed by atoms with Crippen LogP contribution in [0.5, 0.6) is 5.75 Å². The quantitative estimate of drug-likeness (QED) is 0.896. The average molecular weight is 342 g/mol. The lowest BCUT2D eigenvalue weighted by atomic mass is 10.2. The number of thiazole rings is 1. The molecule has 7 heteroatoms. The average Bonchev–Trinajstić information content (AvgIpc) is 2.77. The first kappa shape index (κ1) is 13.8. The molecule has 0 bridgehead atoms. The largest absolute Gasteiger partial charge is 0.495 e. The van der Waals surface area contributed by atoms with E-state index in [9.17, 15) is 4.79 Å². The zero-order valence-corrected chi connectivity index (χ0v) is 12.5. The number of anilines is 2. The Morgan fingerprint density at radius 2 is 2.37 bits per heavy atom. The molecule has 0 saturated carbocycles. The molecule has 1 aromatic carbocycles. The van der Waals surface area contributed by atoms with Gasteiger partial charge in [0.15, 0.2) is 5.13 Å². The highest BCUT2D eigenvalue weighted by Gasteiger charge is 2.08. The summed E-state index contributed by atoms with van der Waals surface area (Å²) < 4.78 is 6.00. The van der Waals surface area contributed by atoms with Crippen molar-refractivity contribution in [1.29, 1.82) is 0 Å². The topological polar surface area (TPSA) is 77.2 Å². The number of nitrogens with zero attached hydrogens (tertiary/aromatic N) is 1. The first-order chi connectivity index (χ1) is 9.08. The fraction of sp³-hybridized carbons (Fsp3) is 0.167. The van der Waals surface area contributed by atoms with E-state index in [2.05, 4.69) is 26.2 Å². The number of methoxy groups -OCH3 is 1. The Bertz CT molecular complexity index is 600. The number of nitrogens with one attached hydrogen (secondary N) is 1. The summed E-state index contributed by atoms with van der Waals surface area (Å²) in [5.41, 5.74) is 6.86. The van der Waals surface area contributed by atoms with Crippen LogP contribution in [0.1, 0.15) is 5.69 Å². The van der Waals surface area contributed by atoms with Crippen LogP contribution in [0, 0.1) is 0 Å². The number of hydrogen-bond acceptors (Lipinski definition) is 5. The number of nitrogens with two attached hydrogens (primary N) is 1. The van der Waals surface area contributed by atoms with Crippen LogP contribution in [0.3, 0.4) is 0 Å². The summed E-state index contributed by atoms with van der Waals surface area (Å²) in [7, 11) is 1.57. The molecule has 0 aliphatic rings. The van der Waals surface area contributed by atoms with Gasteiger partial charge in [-0.15, -0.1) is 11.3 Å². The predicted molar refractivity (Wildman–Crippen MR) is 79.6 cm³/mol. The van der Waals surface area contributed by atoms with Crippen molar-refractivity contribution >= 4 is 44.0 Å². The third-order valence-corrected chi connectivity index (χ3v) is 3.72. The van der Waals surface area contributed by atoms with Gasteiger partial charge >= 0.3 is 0 Å². The molecule has 0 aliphatic carbocycles. The highest BCUT2D eigenvalue weighted by molar-refractivity contribution is 9.10. The summed E-state index contributed by atoms with van der Waals surface area (Å²) in [6.45, 7) is 0. The molecule has 3 N–H and O–H groups in total. The lowest BCUT2D eigenvalue weighted by Gasteiger charge is -2.08. The minimum atomic E-state index is -0.144. The molecule has 0 fully saturated rings. The lowest BCUT2D eigenvalue weighted by molar-refractivity contribution is -0.115. The van der Waals surface area contributed by atoms with Crippen molar-refractivity contribution in [2.24, 2.45) is 0 Å². The number of aromatic nitrogens is 1. The highest BCUT2D eigenvalue weighted by atomic mass is 79.9. The van der Waals surface area contributed by atoms with Crippen molar-refractivity contribution in [1.82, 2.24) is 4.98 Å². The molecular formula is C12H12BrN3O2S. The van der Waals surface area contributed by atoms with E-state index in [1.807, 2.05) is 6.07 Å². The van der Waals surface area contributed by atoms with Gasteiger partial charge in [-0.05, 0) is 28.1 Å². The molecule has 0 radical (unpaired) electrons. The molecule has 100 valence electrons. The van der Waals surface area contributed by atoms with Crippen LogP contribution in [0.25, 0.3) is 0 Å². The summed E-state index contributed by atoms with van der Waals surface area (Å²) in [6, 6.07) is 5.35. The Kier molecular flexibility index (Phi) is 4.39. The zero-order chi connectivity index (χ0) is 13.8. The van der Waals surface area contributed by atoms with E-state index in [0.29, 0.717) is 22.3 Å². The summed E-state index contributed by atoms with van der Waals surface area (Å²) in [5, 5.41) is 5.03. The summed E-state index contributed by atoms with van der Waals surface area (Å²) in [4.78, 5) is 15.9. The Hall–Kier alpha value is -1.60. The van der Waals surface area contributed by atoms with E-state index < -0.39 is 0 Å². The van der Waals surface area contributed by atoms with Crippen LogP contribution in [-0.2, 0) is 11.2 Å². The van der Waals surface area contributed by atoms with E-state index in [1.165, 1.54) is 11.3 Å². The monoisotopic (exact) mass is 341 g/mol. The molecular weight excluding hydrogens is 330 g/mol. The second kappa shape index (κ2) is 6.03. The molecule has 0 atom stereocenters. The Balaban J connectivity index is 2.02. The minimum Gasteiger partial charge on any atom is -0.495 e. The fourth-order valence-corrected chi connectivity index (χ4v) is 2.48. The third-order valence-electron chi connectivity index (χ3n) is 2.35. The molecule has 1 aromatic heterocycles. The number of carbonyl (C=O) groups excluding carboxylic acids is 1. The maximum atomic E-state index is 11.8. The number of rotatable bonds is 4. The van der Waals surface area contributed by atoms with Crippen molar-refractivity contribution in [2.75, 3.05) is 18.2 Å². The Morgan fingerprint density at radius 1 is 1.58 bits per heavy atom. The first-order valence-corrected chi connectivity index (χ1v) is 7.09. The van der Waals surface area contributed by atoms with Crippen molar-refractivity contribution in [2.45, 2.75) is 6.42 Å². The first-order valence-electron chi connectivity index (χ1n) is 5.42. The van der Waals surface area contributed by atoms with Gasteiger partial charge in [0.2, 0.25) is 5.91 Å². The van der Waals surface area contributed by atoms with Gasteiger partial charge in [-0.2, -0.15) is 0 Å². The second-order valence-corrected chi connectivity index (χ2v) is 5.50. The highest BCUT2D eigenvalue weighted by Crippen LogP contribution is 2.27. The smallest absolute Gasteiger partial charge is 0.230 e. The van der Waals surface area contributed by atoms with Crippen LogP contribution >= 0.6 is 27.3 Å². The SMILES string of the molecule is COc1cc(NC(=O)Cc2csc(N)n2)ccc1Br. The lowest BCUT2D eigenvalue weighted by Crippen LogP contribution is -2.14. The number of carbonyl (C=O) groups is 1. The molecule has 1 heterocycles. The van der Waals surface area contributed by atoms with Crippen LogP contribution in [-0.4, -0.2) is 18.0 Å². The molecule has 0 spiro atoms. The number of nitrogen functional groups attached to an aromatic ring is 1. The van der Waals surface area contributed by atoms with Gasteiger partial charge in [-0.1, -0.05) is 0 Å². The van der Waals surface area contributed by atoms with E-state index in [1.54, 1.807) is 24.6 Å². The van der Waals surface area contributed by atoms with E-state index >= 15 is 0 Å². The number of halogens is 1. The van der Waals surface area contributed by atoms with E-state index in [-0.39, 0.29) is 12.3 Å². The van der Waals surface area contributed by atoms with E-state index in [4.69, 9.17) is 10.5 Å². The number of benzene rings is 1. The summed E-state index contributed by atoms with van der Waals surface area (Å²) >= 11 is 4.67. The zero-order valence-electron chi connectivity index (χ0n) is 10.1. The standard InChI is InChI=1S/C12H12BrN3O2S/c1-18-10-4-7(2-3-9(10)13)15-11(17)5-8-6-19-12(14)16-8/h2-4,6H,5H2,1H3,(H2,14,16)(H,15,17). The molecule has 2 rings (SSSR count). The van der Waals surface area contributed by atoms with Gasteiger partial charge in [0.05, 0.1) is 23.7 Å². The maximum Gasteiger partial charge on any atom is 0.230 e. The van der Waals surface area contributed by atoms with Crippen LogP contribution in [0.15, 0.2) is 28.1 Å². The van der Waals surface area contributed by atoms with Crippen molar-refractivity contribution in [3.05, 3.63) is 33.7 Å². The van der Waals surface area contributed by atoms with Crippen molar-refractivity contribution in [3.63, 3.8) is 0 Å². The Morgan fingerprint density at radius 3 is 3.00 bits per heavy atom. The van der Waals surface area contributed by atoms with Crippen LogP contribution < -0.4 is 15.8 Å². The van der Waals surface area contributed by atoms with Crippen LogP contribution in [0.4, 0.5) is 10.8 Å². The van der Waals surface area contributed by atoms with Crippen LogP contribution in [0.2, 0.25) is 0 Å². The molecule has 19 heavy (non-hydrogen) atoms. The molecule has 5 nitrogen and oxygen atoms in total. The van der Waals surface area contributed by atoms with Gasteiger partial charge in [0.25, 0.3) is 0 Å². The second-order valence-electron chi connectivity index (χ2n) is 3.75. The van der Waals surface area contributed by atoms with Gasteiger partial charge in [-0.3, -0.25) is 4.79 Å². The number of ether oxygens (including phenoxy) is 1. The molecule has 1 amide bonds. The Labute approximate surface area is 122 Å². The molecule has 0 aliphatic heterocycles. The predicted octanol–water partition coefficient (Wildman–Crippen LogP) is 2.68. The minimum absolute atomic E-state index is 0.144. The number of hydrogen-bond donors (Lipinski definition) is 2. The normalized spacial score (nSPS) is 10.2. The maximum absolute atomic E-state index is 11.8. The van der Waals surface area contributed by atoms with Gasteiger partial charge in [0.1, 0.15) is 5.75 Å². The molecule has 0 saturated heterocycles. The third kappa shape index (κ3) is 3.68. The molecule has 2 aromatic rings. The van der Waals surface area contributed by atoms with Gasteiger partial charge in [-0.25, -0.2) is 4.98 Å². The van der Waals surface area contributed by atoms with Crippen molar-refractivity contribution in [3.8, 4) is 5.75 Å². The van der Waals surface area contributed by atoms with Crippen molar-refractivity contribution < 1.29 is 9.53 Å². The van der Waals surface area contributed by atoms with E-state index in [0.717, 1.165) is 4.47 Å². The fourth-order valence-electron chi connectivity index (χ4n) is 1.51. The summed E-state index contributed by atoms with van der Waals surface area (Å²) in [6.07, 6.45) is 0.200. The molecule has 0 unspecified atom stereocenters.